The van der Waals surface area contributed by atoms with E-state index in [-0.39, 0.29) is 4.32 Å². The molecular formula is C20H15BrN2O5S2. The minimum Gasteiger partial charge on any atom is -0.479 e. The normalized spacial score (nSPS) is 15.9. The summed E-state index contributed by atoms with van der Waals surface area (Å²) in [6.07, 6.45) is 0.664. The number of ether oxygens (including phenoxy) is 1. The molecule has 2 aromatic carbocycles. The monoisotopic (exact) mass is 506 g/mol. The Labute approximate surface area is 190 Å². The maximum absolute atomic E-state index is 12.7. The maximum atomic E-state index is 12.7. The molecule has 1 saturated heterocycles. The number of carbonyl (C=O) groups is 3. The number of amides is 2. The number of carboxylic acids is 1. The maximum Gasteiger partial charge on any atom is 0.344 e. The molecule has 2 amide bonds. The van der Waals surface area contributed by atoms with Crippen LogP contribution in [0.15, 0.2) is 57.9 Å². The van der Waals surface area contributed by atoms with Gasteiger partial charge in [-0.2, -0.15) is 5.01 Å². The molecule has 1 aliphatic rings. The molecule has 1 atom stereocenters. The van der Waals surface area contributed by atoms with E-state index in [9.17, 15) is 14.4 Å². The molecule has 0 radical (unpaired) electrons. The summed E-state index contributed by atoms with van der Waals surface area (Å²) in [5.74, 6) is -1.55. The summed E-state index contributed by atoms with van der Waals surface area (Å²) in [7, 11) is 0. The number of hydrazine groups is 1. The lowest BCUT2D eigenvalue weighted by Crippen LogP contribution is -2.44. The van der Waals surface area contributed by atoms with Gasteiger partial charge in [-0.3, -0.25) is 15.0 Å². The third-order valence-electron chi connectivity index (χ3n) is 3.95. The minimum atomic E-state index is -1.06. The van der Waals surface area contributed by atoms with Crippen LogP contribution in [0.5, 0.6) is 5.75 Å². The molecule has 0 bridgehead atoms. The molecule has 1 fully saturated rings. The molecule has 1 aliphatic heterocycles. The predicted octanol–water partition coefficient (Wildman–Crippen LogP) is 3.85. The largest absolute Gasteiger partial charge is 0.479 e. The highest BCUT2D eigenvalue weighted by Crippen LogP contribution is 2.31. The summed E-state index contributed by atoms with van der Waals surface area (Å²) in [5, 5.41) is 9.93. The first-order valence-electron chi connectivity index (χ1n) is 8.58. The summed E-state index contributed by atoms with van der Waals surface area (Å²) in [4.78, 5) is 36.3. The Kier molecular flexibility index (Phi) is 6.91. The summed E-state index contributed by atoms with van der Waals surface area (Å²) in [6.45, 7) is 1.43. The third-order valence-corrected chi connectivity index (χ3v) is 5.78. The Balaban J connectivity index is 1.69. The van der Waals surface area contributed by atoms with Crippen LogP contribution >= 0.6 is 39.9 Å². The Morgan fingerprint density at radius 1 is 1.20 bits per heavy atom. The zero-order valence-corrected chi connectivity index (χ0v) is 18.7. The molecule has 0 saturated carbocycles. The number of halogens is 1. The molecule has 0 spiro atoms. The molecule has 30 heavy (non-hydrogen) atoms. The van der Waals surface area contributed by atoms with Crippen LogP contribution in [0.1, 0.15) is 22.8 Å². The lowest BCUT2D eigenvalue weighted by molar-refractivity contribution is -0.144. The van der Waals surface area contributed by atoms with E-state index in [2.05, 4.69) is 21.4 Å². The number of rotatable bonds is 6. The number of hydrogen-bond donors (Lipinski definition) is 2. The van der Waals surface area contributed by atoms with Crippen molar-refractivity contribution in [2.45, 2.75) is 13.0 Å². The van der Waals surface area contributed by atoms with Crippen LogP contribution in [0.4, 0.5) is 0 Å². The van der Waals surface area contributed by atoms with Crippen molar-refractivity contribution in [2.24, 2.45) is 0 Å². The summed E-state index contributed by atoms with van der Waals surface area (Å²) in [5.41, 5.74) is 3.61. The number of hydrogen-bond acceptors (Lipinski definition) is 6. The summed E-state index contributed by atoms with van der Waals surface area (Å²) >= 11 is 9.60. The summed E-state index contributed by atoms with van der Waals surface area (Å²) < 4.78 is 6.33. The highest BCUT2D eigenvalue weighted by atomic mass is 79.9. The second kappa shape index (κ2) is 9.41. The molecule has 0 aromatic heterocycles. The van der Waals surface area contributed by atoms with E-state index in [0.717, 1.165) is 21.2 Å². The van der Waals surface area contributed by atoms with Gasteiger partial charge in [0.05, 0.1) is 4.91 Å². The highest BCUT2D eigenvalue weighted by molar-refractivity contribution is 9.10. The molecule has 154 valence electrons. The van der Waals surface area contributed by atoms with Gasteiger partial charge in [0.15, 0.2) is 10.4 Å². The fraction of sp³-hybridized carbons (Fsp3) is 0.100. The summed E-state index contributed by atoms with van der Waals surface area (Å²) in [6, 6.07) is 13.3. The van der Waals surface area contributed by atoms with Crippen LogP contribution in [0, 0.1) is 0 Å². The van der Waals surface area contributed by atoms with Crippen molar-refractivity contribution in [3.05, 3.63) is 69.0 Å². The van der Waals surface area contributed by atoms with Crippen LogP contribution in [0.3, 0.4) is 0 Å². The number of benzene rings is 2. The number of nitrogens with one attached hydrogen (secondary N) is 1. The van der Waals surface area contributed by atoms with Gasteiger partial charge in [0, 0.05) is 10.0 Å². The van der Waals surface area contributed by atoms with Crippen molar-refractivity contribution in [2.75, 3.05) is 0 Å². The van der Waals surface area contributed by atoms with E-state index in [0.29, 0.717) is 21.8 Å². The lowest BCUT2D eigenvalue weighted by atomic mass is 10.2. The first-order valence-corrected chi connectivity index (χ1v) is 10.6. The molecule has 7 nitrogen and oxygen atoms in total. The number of carboxylic acid groups (broad SMARTS) is 1. The van der Waals surface area contributed by atoms with E-state index in [1.807, 2.05) is 0 Å². The van der Waals surface area contributed by atoms with Gasteiger partial charge in [-0.05, 0) is 67.2 Å². The van der Waals surface area contributed by atoms with Crippen LogP contribution < -0.4 is 10.2 Å². The van der Waals surface area contributed by atoms with Crippen LogP contribution in [-0.2, 0) is 9.59 Å². The highest BCUT2D eigenvalue weighted by Gasteiger charge is 2.33. The first-order chi connectivity index (χ1) is 14.2. The standard InChI is InChI=1S/C20H15BrN2O5S2/c1-11(19(26)27)28-15-8-2-12(3-9-15)10-16-18(25)23(20(29)30-16)22-17(24)13-4-6-14(21)7-5-13/h2-11H,1H3,(H,22,24)(H,26,27)/b16-10+. The van der Waals surface area contributed by atoms with Crippen molar-refractivity contribution in [1.29, 1.82) is 0 Å². The van der Waals surface area contributed by atoms with Crippen molar-refractivity contribution in [3.8, 4) is 5.75 Å². The molecule has 3 rings (SSSR count). The Hall–Kier alpha value is -2.69. The smallest absolute Gasteiger partial charge is 0.344 e. The van der Waals surface area contributed by atoms with Gasteiger partial charge >= 0.3 is 5.97 Å². The molecule has 1 heterocycles. The van der Waals surface area contributed by atoms with Crippen molar-refractivity contribution < 1.29 is 24.2 Å². The van der Waals surface area contributed by atoms with Gasteiger partial charge in [0.1, 0.15) is 5.75 Å². The van der Waals surface area contributed by atoms with Crippen LogP contribution in [0.25, 0.3) is 6.08 Å². The van der Waals surface area contributed by atoms with Crippen LogP contribution in [-0.4, -0.2) is 38.3 Å². The van der Waals surface area contributed by atoms with Gasteiger partial charge in [-0.25, -0.2) is 4.79 Å². The second-order valence-corrected chi connectivity index (χ2v) is 8.72. The van der Waals surface area contributed by atoms with Gasteiger partial charge < -0.3 is 9.84 Å². The first kappa shape index (κ1) is 22.0. The fourth-order valence-corrected chi connectivity index (χ4v) is 3.82. The Morgan fingerprint density at radius 2 is 1.83 bits per heavy atom. The Bertz CT molecular complexity index is 1040. The second-order valence-electron chi connectivity index (χ2n) is 6.13. The zero-order valence-electron chi connectivity index (χ0n) is 15.5. The number of thiocarbonyl (C=S) groups is 1. The molecule has 10 heteroatoms. The fourth-order valence-electron chi connectivity index (χ4n) is 2.38. The van der Waals surface area contributed by atoms with Gasteiger partial charge in [-0.1, -0.05) is 39.8 Å². The average molecular weight is 507 g/mol. The number of nitrogens with zero attached hydrogens (tertiary/aromatic N) is 1. The molecule has 0 aliphatic carbocycles. The zero-order chi connectivity index (χ0) is 21.8. The number of carbonyl (C=O) groups excluding carboxylic acids is 2. The average Bonchev–Trinajstić information content (AvgIpc) is 2.97. The van der Waals surface area contributed by atoms with E-state index in [4.69, 9.17) is 22.1 Å². The van der Waals surface area contributed by atoms with E-state index < -0.39 is 23.9 Å². The van der Waals surface area contributed by atoms with E-state index in [1.165, 1.54) is 6.92 Å². The third kappa shape index (κ3) is 5.26. The van der Waals surface area contributed by atoms with Crippen molar-refractivity contribution in [3.63, 3.8) is 0 Å². The topological polar surface area (TPSA) is 95.9 Å². The van der Waals surface area contributed by atoms with Gasteiger partial charge in [0.25, 0.3) is 11.8 Å². The molecular weight excluding hydrogens is 492 g/mol. The van der Waals surface area contributed by atoms with E-state index in [1.54, 1.807) is 54.6 Å². The minimum absolute atomic E-state index is 0.215. The lowest BCUT2D eigenvalue weighted by Gasteiger charge is -2.15. The van der Waals surface area contributed by atoms with Gasteiger partial charge in [-0.15, -0.1) is 0 Å². The molecule has 2 N–H and O–H groups in total. The SMILES string of the molecule is CC(Oc1ccc(/C=C2/SC(=S)N(NC(=O)c3ccc(Br)cc3)C2=O)cc1)C(=O)O. The van der Waals surface area contributed by atoms with Crippen LogP contribution in [0.2, 0.25) is 0 Å². The molecule has 2 aromatic rings. The number of thioether (sulfide) groups is 1. The van der Waals surface area contributed by atoms with Crippen molar-refractivity contribution in [1.82, 2.24) is 10.4 Å². The van der Waals surface area contributed by atoms with Gasteiger partial charge in [0.2, 0.25) is 0 Å². The predicted molar refractivity (Wildman–Crippen MR) is 121 cm³/mol. The number of aliphatic carboxylic acids is 1. The molecule has 1 unspecified atom stereocenters. The Morgan fingerprint density at radius 3 is 2.43 bits per heavy atom. The van der Waals surface area contributed by atoms with Crippen molar-refractivity contribution >= 4 is 68.1 Å². The quantitative estimate of drug-likeness (QED) is 0.453. The van der Waals surface area contributed by atoms with E-state index >= 15 is 0 Å².